The first-order valence-corrected chi connectivity index (χ1v) is 17.2. The predicted octanol–water partition coefficient (Wildman–Crippen LogP) is 8.17. The van der Waals surface area contributed by atoms with Crippen LogP contribution < -0.4 is 5.32 Å². The maximum absolute atomic E-state index is 13.0. The van der Waals surface area contributed by atoms with E-state index >= 15 is 0 Å². The fourth-order valence-corrected chi connectivity index (χ4v) is 12.4. The van der Waals surface area contributed by atoms with Gasteiger partial charge in [0.25, 0.3) is 0 Å². The summed E-state index contributed by atoms with van der Waals surface area (Å²) < 4.78 is 11.3. The minimum Gasteiger partial charge on any atom is -0.481 e. The number of carboxylic acid groups (broad SMARTS) is 1. The maximum atomic E-state index is 13.0. The highest BCUT2D eigenvalue weighted by Crippen LogP contribution is 2.76. The van der Waals surface area contributed by atoms with E-state index in [1.807, 2.05) is 0 Å². The summed E-state index contributed by atoms with van der Waals surface area (Å²) in [4.78, 5) is 37.3. The largest absolute Gasteiger partial charge is 0.481 e. The van der Waals surface area contributed by atoms with Crippen LogP contribution in [0.15, 0.2) is 12.2 Å². The minimum atomic E-state index is -1.14. The Kier molecular flexibility index (Phi) is 8.14. The molecule has 0 unspecified atom stereocenters. The number of hydrogen-bond acceptors (Lipinski definition) is 5. The van der Waals surface area contributed by atoms with Crippen LogP contribution >= 0.6 is 0 Å². The van der Waals surface area contributed by atoms with Gasteiger partial charge in [-0.1, -0.05) is 46.8 Å². The van der Waals surface area contributed by atoms with E-state index in [0.717, 1.165) is 51.4 Å². The topological polar surface area (TPSA) is 102 Å². The monoisotopic (exact) mass is 613 g/mol. The van der Waals surface area contributed by atoms with Crippen LogP contribution in [0.4, 0.5) is 4.79 Å². The summed E-state index contributed by atoms with van der Waals surface area (Å²) in [5.41, 5.74) is 0.155. The molecule has 10 atom stereocenters. The number of carboxylic acids is 1. The van der Waals surface area contributed by atoms with Crippen molar-refractivity contribution in [1.29, 1.82) is 0 Å². The Balaban J connectivity index is 1.42. The van der Waals surface area contributed by atoms with Crippen molar-refractivity contribution in [2.24, 2.45) is 56.7 Å². The molecule has 0 aromatic carbocycles. The van der Waals surface area contributed by atoms with Gasteiger partial charge in [-0.3, -0.25) is 9.59 Å². The summed E-state index contributed by atoms with van der Waals surface area (Å²) in [5.74, 6) is 0.924. The number of ether oxygens (including phenoxy) is 2. The summed E-state index contributed by atoms with van der Waals surface area (Å²) >= 11 is 0. The van der Waals surface area contributed by atoms with Crippen LogP contribution in [0, 0.1) is 56.7 Å². The Bertz CT molecular complexity index is 1210. The van der Waals surface area contributed by atoms with E-state index < -0.39 is 17.4 Å². The highest BCUT2D eigenvalue weighted by atomic mass is 16.5. The van der Waals surface area contributed by atoms with E-state index in [9.17, 15) is 19.5 Å². The normalized spacial score (nSPS) is 44.2. The molecule has 0 radical (unpaired) electrons. The minimum absolute atomic E-state index is 0.115. The molecule has 5 rings (SSSR count). The number of esters is 1. The lowest BCUT2D eigenvalue weighted by Crippen LogP contribution is -2.69. The number of methoxy groups -OCH3 is 1. The molecule has 5 saturated carbocycles. The summed E-state index contributed by atoms with van der Waals surface area (Å²) in [7, 11) is 1.47. The van der Waals surface area contributed by atoms with Gasteiger partial charge in [-0.2, -0.15) is 0 Å². The number of hydrogen-bond donors (Lipinski definition) is 2. The van der Waals surface area contributed by atoms with E-state index in [4.69, 9.17) is 9.47 Å². The number of carbonyl (C=O) groups is 3. The van der Waals surface area contributed by atoms with Crippen molar-refractivity contribution in [3.05, 3.63) is 12.2 Å². The highest BCUT2D eigenvalue weighted by Gasteiger charge is 2.71. The second kappa shape index (κ2) is 10.8. The van der Waals surface area contributed by atoms with Gasteiger partial charge in [-0.25, -0.2) is 4.79 Å². The lowest BCUT2D eigenvalue weighted by Gasteiger charge is -2.73. The Hall–Kier alpha value is -2.05. The zero-order valence-electron chi connectivity index (χ0n) is 28.9. The van der Waals surface area contributed by atoms with Gasteiger partial charge in [0, 0.05) is 11.0 Å². The second-order valence-corrected chi connectivity index (χ2v) is 17.7. The Morgan fingerprint density at radius 1 is 0.886 bits per heavy atom. The summed E-state index contributed by atoms with van der Waals surface area (Å²) in [6, 6.07) is 0. The molecule has 0 aromatic heterocycles. The SMILES string of the molecule is C=C(C)[C@@H]1CC[C@]2(NC(=O)OC)CC[C@]3(C)[C@H](CC[C@@H]4[C@@]5(C)CC[C@H](OC(=O)CC(C)(C)C(=O)O)C(C)(C)[C@@H]5CC[C@]43C)[C@@H]12. The molecule has 0 bridgehead atoms. The molecular formula is C37H59NO6. The molecular weight excluding hydrogens is 554 g/mol. The molecule has 0 saturated heterocycles. The van der Waals surface area contributed by atoms with Crippen molar-refractivity contribution in [1.82, 2.24) is 5.32 Å². The molecule has 5 aliphatic rings. The third-order valence-corrected chi connectivity index (χ3v) is 15.0. The number of aliphatic carboxylic acids is 1. The molecule has 248 valence electrons. The summed E-state index contributed by atoms with van der Waals surface area (Å²) in [6.45, 7) is 22.1. The molecule has 0 spiro atoms. The van der Waals surface area contributed by atoms with Crippen molar-refractivity contribution in [3.8, 4) is 0 Å². The molecule has 1 amide bonds. The first-order chi connectivity index (χ1) is 20.3. The van der Waals surface area contributed by atoms with Crippen molar-refractivity contribution >= 4 is 18.0 Å². The zero-order chi connectivity index (χ0) is 32.7. The maximum Gasteiger partial charge on any atom is 0.407 e. The van der Waals surface area contributed by atoms with E-state index in [-0.39, 0.29) is 45.8 Å². The van der Waals surface area contributed by atoms with Gasteiger partial charge in [0.2, 0.25) is 0 Å². The quantitative estimate of drug-likeness (QED) is 0.231. The van der Waals surface area contributed by atoms with E-state index in [0.29, 0.717) is 29.6 Å². The highest BCUT2D eigenvalue weighted by molar-refractivity contribution is 5.81. The predicted molar refractivity (Wildman–Crippen MR) is 171 cm³/mol. The number of amides is 1. The summed E-state index contributed by atoms with van der Waals surface area (Å²) in [5, 5.41) is 12.9. The average molecular weight is 614 g/mol. The third-order valence-electron chi connectivity index (χ3n) is 15.0. The first kappa shape index (κ1) is 33.3. The Morgan fingerprint density at radius 2 is 1.57 bits per heavy atom. The molecule has 0 aliphatic heterocycles. The number of nitrogens with one attached hydrogen (secondary N) is 1. The Labute approximate surface area is 265 Å². The standard InChI is InChI=1S/C37H59NO6/c1-22(2)23-13-18-37(38-31(42)43-10)20-19-35(8)24(29(23)37)11-12-26-34(7)16-15-27(44-28(39)21-32(3,4)30(40)41)33(5,6)25(34)14-17-36(26,35)9/h23-27,29H,1,11-21H2,2-10H3,(H,38,42)(H,40,41)/t23-,24+,25-,26+,27-,29+,34-,35+,36+,37-/m0/s1. The zero-order valence-corrected chi connectivity index (χ0v) is 28.9. The molecule has 5 fully saturated rings. The smallest absolute Gasteiger partial charge is 0.407 e. The lowest BCUT2D eigenvalue weighted by molar-refractivity contribution is -0.246. The molecule has 7 nitrogen and oxygen atoms in total. The van der Waals surface area contributed by atoms with Crippen LogP contribution in [0.5, 0.6) is 0 Å². The molecule has 0 aromatic rings. The van der Waals surface area contributed by atoms with E-state index in [2.05, 4.69) is 53.4 Å². The fraction of sp³-hybridized carbons (Fsp3) is 0.865. The van der Waals surface area contributed by atoms with Gasteiger partial charge in [-0.15, -0.1) is 0 Å². The first-order valence-electron chi connectivity index (χ1n) is 17.2. The number of fused-ring (bicyclic) bond motifs is 7. The van der Waals surface area contributed by atoms with Crippen LogP contribution in [-0.4, -0.2) is 41.9 Å². The van der Waals surface area contributed by atoms with E-state index in [1.54, 1.807) is 13.8 Å². The molecule has 7 heteroatoms. The van der Waals surface area contributed by atoms with Gasteiger partial charge < -0.3 is 19.9 Å². The third kappa shape index (κ3) is 4.75. The van der Waals surface area contributed by atoms with Crippen LogP contribution in [0.1, 0.15) is 126 Å². The lowest BCUT2D eigenvalue weighted by atomic mass is 9.32. The van der Waals surface area contributed by atoms with Gasteiger partial charge in [0.15, 0.2) is 0 Å². The van der Waals surface area contributed by atoms with Crippen molar-refractivity contribution in [3.63, 3.8) is 0 Å². The van der Waals surface area contributed by atoms with Gasteiger partial charge in [0.1, 0.15) is 6.10 Å². The van der Waals surface area contributed by atoms with Crippen molar-refractivity contribution in [2.45, 2.75) is 138 Å². The molecule has 2 N–H and O–H groups in total. The van der Waals surface area contributed by atoms with E-state index in [1.165, 1.54) is 25.5 Å². The van der Waals surface area contributed by atoms with Gasteiger partial charge in [0.05, 0.1) is 18.9 Å². The van der Waals surface area contributed by atoms with Crippen LogP contribution in [0.3, 0.4) is 0 Å². The molecule has 0 heterocycles. The average Bonchev–Trinajstić information content (AvgIpc) is 3.30. The Morgan fingerprint density at radius 3 is 2.18 bits per heavy atom. The number of allylic oxidation sites excluding steroid dienone is 1. The van der Waals surface area contributed by atoms with Crippen LogP contribution in [0.2, 0.25) is 0 Å². The van der Waals surface area contributed by atoms with Crippen molar-refractivity contribution < 1.29 is 29.0 Å². The number of alkyl carbamates (subject to hydrolysis) is 1. The summed E-state index contributed by atoms with van der Waals surface area (Å²) in [6.07, 6.45) is 10.00. The number of rotatable bonds is 6. The van der Waals surface area contributed by atoms with Crippen molar-refractivity contribution in [2.75, 3.05) is 7.11 Å². The molecule has 5 aliphatic carbocycles. The fourth-order valence-electron chi connectivity index (χ4n) is 12.4. The second-order valence-electron chi connectivity index (χ2n) is 17.7. The van der Waals surface area contributed by atoms with Crippen LogP contribution in [-0.2, 0) is 19.1 Å². The molecule has 44 heavy (non-hydrogen) atoms. The number of carbonyl (C=O) groups excluding carboxylic acids is 2. The van der Waals surface area contributed by atoms with Gasteiger partial charge >= 0.3 is 18.0 Å². The van der Waals surface area contributed by atoms with Gasteiger partial charge in [-0.05, 0) is 131 Å². The van der Waals surface area contributed by atoms with Crippen LogP contribution in [0.25, 0.3) is 0 Å².